The summed E-state index contributed by atoms with van der Waals surface area (Å²) in [6.45, 7) is 1.03. The van der Waals surface area contributed by atoms with E-state index in [1.54, 1.807) is 16.2 Å². The summed E-state index contributed by atoms with van der Waals surface area (Å²) in [6.07, 6.45) is 3.03. The van der Waals surface area contributed by atoms with Crippen molar-refractivity contribution in [2.24, 2.45) is 13.0 Å². The molecule has 2 aromatic rings. The Morgan fingerprint density at radius 2 is 2.08 bits per heavy atom. The first-order valence-electron chi connectivity index (χ1n) is 8.55. The number of para-hydroxylation sites is 2. The smallest absolute Gasteiger partial charge is 0.329 e. The molecule has 4 rings (SSSR count). The maximum absolute atomic E-state index is 12.5. The Morgan fingerprint density at radius 3 is 2.92 bits per heavy atom. The number of nitrogens with one attached hydrogen (secondary N) is 3. The van der Waals surface area contributed by atoms with Gasteiger partial charge in [0.25, 0.3) is 0 Å². The molecular weight excluding hydrogens is 306 g/mol. The number of carbonyl (C=O) groups is 1. The average molecular weight is 329 g/mol. The first-order valence-corrected chi connectivity index (χ1v) is 8.55. The van der Waals surface area contributed by atoms with Gasteiger partial charge in [0.05, 0.1) is 11.0 Å². The summed E-state index contributed by atoms with van der Waals surface area (Å²) in [4.78, 5) is 24.9. The molecule has 1 aromatic heterocycles. The molecule has 2 fully saturated rings. The number of imidazole rings is 1. The van der Waals surface area contributed by atoms with Gasteiger partial charge in [0.2, 0.25) is 5.91 Å². The van der Waals surface area contributed by atoms with Crippen molar-refractivity contribution in [2.45, 2.75) is 37.9 Å². The van der Waals surface area contributed by atoms with E-state index in [1.165, 1.54) is 0 Å². The zero-order valence-electron chi connectivity index (χ0n) is 13.8. The van der Waals surface area contributed by atoms with E-state index in [-0.39, 0.29) is 24.2 Å². The van der Waals surface area contributed by atoms with Crippen LogP contribution in [0.5, 0.6) is 0 Å². The minimum absolute atomic E-state index is 0.0707. The van der Waals surface area contributed by atoms with Crippen LogP contribution >= 0.6 is 0 Å². The summed E-state index contributed by atoms with van der Waals surface area (Å²) in [7, 11) is 1.74. The third kappa shape index (κ3) is 2.63. The lowest BCUT2D eigenvalue weighted by atomic mass is 9.83. The molecule has 3 atom stereocenters. The quantitative estimate of drug-likeness (QED) is 0.746. The number of fused-ring (bicyclic) bond motifs is 2. The number of amides is 1. The van der Waals surface area contributed by atoms with Gasteiger partial charge < -0.3 is 5.32 Å². The van der Waals surface area contributed by atoms with Gasteiger partial charge in [0.15, 0.2) is 0 Å². The molecule has 1 aliphatic carbocycles. The molecule has 0 spiro atoms. The van der Waals surface area contributed by atoms with Gasteiger partial charge in [-0.2, -0.15) is 0 Å². The van der Waals surface area contributed by atoms with Crippen LogP contribution in [0, 0.1) is 5.92 Å². The number of benzene rings is 1. The van der Waals surface area contributed by atoms with Gasteiger partial charge in [-0.05, 0) is 37.3 Å². The highest BCUT2D eigenvalue weighted by molar-refractivity contribution is 5.81. The molecule has 1 saturated heterocycles. The van der Waals surface area contributed by atoms with Crippen molar-refractivity contribution in [3.63, 3.8) is 0 Å². The van der Waals surface area contributed by atoms with Crippen LogP contribution < -0.4 is 21.9 Å². The molecule has 3 N–H and O–H groups in total. The second-order valence-corrected chi connectivity index (χ2v) is 6.89. The van der Waals surface area contributed by atoms with E-state index in [9.17, 15) is 9.59 Å². The maximum Gasteiger partial charge on any atom is 0.329 e. The van der Waals surface area contributed by atoms with E-state index in [4.69, 9.17) is 0 Å². The SMILES string of the molecule is Cn1c(=O)n(CC(=O)NC2CCC3NNCC3C2)c2ccccc21. The Kier molecular flexibility index (Phi) is 3.90. The molecule has 1 aliphatic heterocycles. The van der Waals surface area contributed by atoms with Gasteiger partial charge in [-0.15, -0.1) is 0 Å². The zero-order valence-corrected chi connectivity index (χ0v) is 13.8. The molecule has 24 heavy (non-hydrogen) atoms. The van der Waals surface area contributed by atoms with Crippen LogP contribution in [0.3, 0.4) is 0 Å². The monoisotopic (exact) mass is 329 g/mol. The molecule has 7 nitrogen and oxygen atoms in total. The van der Waals surface area contributed by atoms with Crippen LogP contribution in [0.2, 0.25) is 0 Å². The van der Waals surface area contributed by atoms with E-state index in [0.717, 1.165) is 36.8 Å². The van der Waals surface area contributed by atoms with E-state index in [2.05, 4.69) is 16.2 Å². The largest absolute Gasteiger partial charge is 0.352 e. The summed E-state index contributed by atoms with van der Waals surface area (Å²) < 4.78 is 3.14. The standard InChI is InChI=1S/C17H23N5O2/c1-21-14-4-2-3-5-15(14)22(17(21)24)10-16(23)19-12-6-7-13-11(8-12)9-18-20-13/h2-5,11-13,18,20H,6-10H2,1H3,(H,19,23). The highest BCUT2D eigenvalue weighted by Crippen LogP contribution is 2.26. The average Bonchev–Trinajstić information content (AvgIpc) is 3.14. The lowest BCUT2D eigenvalue weighted by Gasteiger charge is -2.31. The topological polar surface area (TPSA) is 80.1 Å². The van der Waals surface area contributed by atoms with Gasteiger partial charge in [-0.1, -0.05) is 12.1 Å². The molecule has 128 valence electrons. The van der Waals surface area contributed by atoms with Crippen molar-refractivity contribution in [1.82, 2.24) is 25.3 Å². The van der Waals surface area contributed by atoms with Crippen LogP contribution in [-0.4, -0.2) is 33.7 Å². The van der Waals surface area contributed by atoms with Crippen molar-refractivity contribution < 1.29 is 4.79 Å². The Hall–Kier alpha value is -2.12. The number of aromatic nitrogens is 2. The number of carbonyl (C=O) groups excluding carboxylic acids is 1. The second kappa shape index (κ2) is 6.07. The summed E-state index contributed by atoms with van der Waals surface area (Å²) in [5.74, 6) is 0.486. The molecule has 7 heteroatoms. The highest BCUT2D eigenvalue weighted by atomic mass is 16.2. The molecule has 1 amide bonds. The molecule has 1 aromatic carbocycles. The number of hydrazine groups is 1. The molecule has 0 bridgehead atoms. The maximum atomic E-state index is 12.5. The third-order valence-electron chi connectivity index (χ3n) is 5.35. The second-order valence-electron chi connectivity index (χ2n) is 6.89. The molecular formula is C17H23N5O2. The Labute approximate surface area is 140 Å². The number of aryl methyl sites for hydroxylation is 1. The molecule has 2 aliphatic rings. The van der Waals surface area contributed by atoms with Crippen molar-refractivity contribution in [3.05, 3.63) is 34.7 Å². The molecule has 1 saturated carbocycles. The Balaban J connectivity index is 1.47. The molecule has 2 heterocycles. The van der Waals surface area contributed by atoms with E-state index in [1.807, 2.05) is 24.3 Å². The lowest BCUT2D eigenvalue weighted by Crippen LogP contribution is -2.45. The number of rotatable bonds is 3. The van der Waals surface area contributed by atoms with Crippen LogP contribution in [0.25, 0.3) is 11.0 Å². The van der Waals surface area contributed by atoms with Gasteiger partial charge in [-0.25, -0.2) is 4.79 Å². The van der Waals surface area contributed by atoms with Crippen molar-refractivity contribution in [3.8, 4) is 0 Å². The summed E-state index contributed by atoms with van der Waals surface area (Å²) in [5, 5.41) is 3.12. The number of nitrogens with zero attached hydrogens (tertiary/aromatic N) is 2. The normalized spacial score (nSPS) is 26.5. The third-order valence-corrected chi connectivity index (χ3v) is 5.35. The van der Waals surface area contributed by atoms with Gasteiger partial charge in [0, 0.05) is 25.7 Å². The fourth-order valence-electron chi connectivity index (χ4n) is 4.06. The minimum atomic E-state index is -0.153. The Morgan fingerprint density at radius 1 is 1.29 bits per heavy atom. The fourth-order valence-corrected chi connectivity index (χ4v) is 4.06. The van der Waals surface area contributed by atoms with Crippen LogP contribution in [0.1, 0.15) is 19.3 Å². The van der Waals surface area contributed by atoms with Gasteiger partial charge >= 0.3 is 5.69 Å². The van der Waals surface area contributed by atoms with E-state index >= 15 is 0 Å². The number of hydrogen-bond donors (Lipinski definition) is 3. The predicted octanol–water partition coefficient (Wildman–Crippen LogP) is 0.101. The van der Waals surface area contributed by atoms with E-state index in [0.29, 0.717) is 12.0 Å². The zero-order chi connectivity index (χ0) is 16.7. The van der Waals surface area contributed by atoms with Crippen molar-refractivity contribution in [1.29, 1.82) is 0 Å². The highest BCUT2D eigenvalue weighted by Gasteiger charge is 2.34. The van der Waals surface area contributed by atoms with Crippen molar-refractivity contribution in [2.75, 3.05) is 6.54 Å². The first-order chi connectivity index (χ1) is 11.6. The van der Waals surface area contributed by atoms with Crippen LogP contribution in [0.15, 0.2) is 29.1 Å². The summed E-state index contributed by atoms with van der Waals surface area (Å²) in [6, 6.07) is 8.29. The molecule has 0 radical (unpaired) electrons. The van der Waals surface area contributed by atoms with Gasteiger partial charge in [0.1, 0.15) is 6.54 Å². The predicted molar refractivity (Wildman–Crippen MR) is 91.4 cm³/mol. The van der Waals surface area contributed by atoms with Gasteiger partial charge in [-0.3, -0.25) is 24.8 Å². The first kappa shape index (κ1) is 15.4. The van der Waals surface area contributed by atoms with Crippen molar-refractivity contribution >= 4 is 16.9 Å². The lowest BCUT2D eigenvalue weighted by molar-refractivity contribution is -0.122. The van der Waals surface area contributed by atoms with E-state index < -0.39 is 0 Å². The summed E-state index contributed by atoms with van der Waals surface area (Å²) in [5.41, 5.74) is 7.98. The van der Waals surface area contributed by atoms with Crippen LogP contribution in [0.4, 0.5) is 0 Å². The molecule has 3 unspecified atom stereocenters. The Bertz CT molecular complexity index is 824. The van der Waals surface area contributed by atoms with Crippen LogP contribution in [-0.2, 0) is 18.4 Å². The minimum Gasteiger partial charge on any atom is -0.352 e. The fraction of sp³-hybridized carbons (Fsp3) is 0.529. The number of hydrogen-bond acceptors (Lipinski definition) is 4. The summed E-state index contributed by atoms with van der Waals surface area (Å²) >= 11 is 0.